The van der Waals surface area contributed by atoms with E-state index >= 15 is 0 Å². The fourth-order valence-corrected chi connectivity index (χ4v) is 2.36. The zero-order valence-electron chi connectivity index (χ0n) is 13.5. The maximum absolute atomic E-state index is 12.2. The second-order valence-electron chi connectivity index (χ2n) is 5.12. The SMILES string of the molecule is CCOc1ccc(-n2nnnc2CNC(=O)c2ccc(Cl)cc2)cc1. The van der Waals surface area contributed by atoms with Crippen LogP contribution in [0.5, 0.6) is 5.75 Å². The van der Waals surface area contributed by atoms with E-state index in [0.29, 0.717) is 23.0 Å². The molecule has 0 aliphatic heterocycles. The number of rotatable bonds is 6. The summed E-state index contributed by atoms with van der Waals surface area (Å²) in [5, 5.41) is 15.0. The number of amides is 1. The summed E-state index contributed by atoms with van der Waals surface area (Å²) in [5.74, 6) is 1.07. The van der Waals surface area contributed by atoms with Crippen molar-refractivity contribution >= 4 is 17.5 Å². The molecular formula is C17H16ClN5O2. The van der Waals surface area contributed by atoms with Crippen LogP contribution in [0.25, 0.3) is 5.69 Å². The van der Waals surface area contributed by atoms with Crippen LogP contribution in [0.2, 0.25) is 5.02 Å². The number of ether oxygens (including phenoxy) is 1. The predicted molar refractivity (Wildman–Crippen MR) is 92.9 cm³/mol. The van der Waals surface area contributed by atoms with E-state index in [4.69, 9.17) is 16.3 Å². The van der Waals surface area contributed by atoms with Gasteiger partial charge in [-0.3, -0.25) is 4.79 Å². The van der Waals surface area contributed by atoms with Crippen LogP contribution in [0.1, 0.15) is 23.1 Å². The molecule has 0 atom stereocenters. The van der Waals surface area contributed by atoms with Gasteiger partial charge in [0.15, 0.2) is 5.82 Å². The van der Waals surface area contributed by atoms with Crippen LogP contribution in [-0.4, -0.2) is 32.7 Å². The normalized spacial score (nSPS) is 10.5. The smallest absolute Gasteiger partial charge is 0.251 e. The van der Waals surface area contributed by atoms with Gasteiger partial charge in [-0.2, -0.15) is 4.68 Å². The van der Waals surface area contributed by atoms with Crippen LogP contribution in [0.3, 0.4) is 0 Å². The Morgan fingerprint density at radius 3 is 2.56 bits per heavy atom. The number of halogens is 1. The average Bonchev–Trinajstić information content (AvgIpc) is 3.10. The third kappa shape index (κ3) is 4.13. The summed E-state index contributed by atoms with van der Waals surface area (Å²) in [4.78, 5) is 12.2. The maximum atomic E-state index is 12.2. The molecule has 3 rings (SSSR count). The minimum Gasteiger partial charge on any atom is -0.494 e. The van der Waals surface area contributed by atoms with Crippen LogP contribution >= 0.6 is 11.6 Å². The van der Waals surface area contributed by atoms with Gasteiger partial charge in [-0.1, -0.05) is 11.6 Å². The molecule has 2 aromatic carbocycles. The van der Waals surface area contributed by atoms with Gasteiger partial charge >= 0.3 is 0 Å². The molecule has 25 heavy (non-hydrogen) atoms. The van der Waals surface area contributed by atoms with Crippen molar-refractivity contribution in [3.05, 3.63) is 64.9 Å². The number of carbonyl (C=O) groups is 1. The molecule has 0 spiro atoms. The Kier molecular flexibility index (Phi) is 5.25. The topological polar surface area (TPSA) is 81.9 Å². The highest BCUT2D eigenvalue weighted by molar-refractivity contribution is 6.30. The molecule has 0 aliphatic carbocycles. The van der Waals surface area contributed by atoms with E-state index in [1.807, 2.05) is 31.2 Å². The second-order valence-corrected chi connectivity index (χ2v) is 5.56. The van der Waals surface area contributed by atoms with Gasteiger partial charge in [0.1, 0.15) is 5.75 Å². The number of hydrogen-bond donors (Lipinski definition) is 1. The molecule has 0 radical (unpaired) electrons. The Hall–Kier alpha value is -2.93. The molecule has 0 saturated heterocycles. The van der Waals surface area contributed by atoms with E-state index in [-0.39, 0.29) is 12.5 Å². The standard InChI is InChI=1S/C17H16ClN5O2/c1-2-25-15-9-7-14(8-10-15)23-16(20-21-22-23)11-19-17(24)12-3-5-13(18)6-4-12/h3-10H,2,11H2,1H3,(H,19,24). The van der Waals surface area contributed by atoms with Crippen molar-refractivity contribution in [1.82, 2.24) is 25.5 Å². The fraction of sp³-hybridized carbons (Fsp3) is 0.176. The van der Waals surface area contributed by atoms with Gasteiger partial charge in [-0.05, 0) is 65.9 Å². The summed E-state index contributed by atoms with van der Waals surface area (Å²) in [6.07, 6.45) is 0. The Morgan fingerprint density at radius 1 is 1.16 bits per heavy atom. The Balaban J connectivity index is 1.69. The van der Waals surface area contributed by atoms with Gasteiger partial charge in [0.2, 0.25) is 0 Å². The summed E-state index contributed by atoms with van der Waals surface area (Å²) in [7, 11) is 0. The first-order valence-electron chi connectivity index (χ1n) is 7.71. The van der Waals surface area contributed by atoms with Crippen LogP contribution in [-0.2, 0) is 6.54 Å². The molecule has 8 heteroatoms. The summed E-state index contributed by atoms with van der Waals surface area (Å²) < 4.78 is 6.98. The number of carbonyl (C=O) groups excluding carboxylic acids is 1. The van der Waals surface area contributed by atoms with Crippen LogP contribution in [0.4, 0.5) is 0 Å². The molecule has 1 aromatic heterocycles. The quantitative estimate of drug-likeness (QED) is 0.733. The van der Waals surface area contributed by atoms with Gasteiger partial charge in [0.25, 0.3) is 5.91 Å². The van der Waals surface area contributed by atoms with Gasteiger partial charge in [0, 0.05) is 10.6 Å². The molecule has 1 amide bonds. The Labute approximate surface area is 149 Å². The highest BCUT2D eigenvalue weighted by Crippen LogP contribution is 2.15. The van der Waals surface area contributed by atoms with E-state index < -0.39 is 0 Å². The molecule has 1 heterocycles. The summed E-state index contributed by atoms with van der Waals surface area (Å²) in [5.41, 5.74) is 1.30. The molecule has 3 aromatic rings. The molecule has 1 N–H and O–H groups in total. The Morgan fingerprint density at radius 2 is 1.88 bits per heavy atom. The van der Waals surface area contributed by atoms with E-state index in [2.05, 4.69) is 20.8 Å². The molecule has 0 fully saturated rings. The van der Waals surface area contributed by atoms with Crippen LogP contribution in [0, 0.1) is 0 Å². The van der Waals surface area contributed by atoms with Gasteiger partial charge in [0.05, 0.1) is 18.8 Å². The van der Waals surface area contributed by atoms with Crippen molar-refractivity contribution in [2.24, 2.45) is 0 Å². The molecular weight excluding hydrogens is 342 g/mol. The van der Waals surface area contributed by atoms with Gasteiger partial charge in [-0.25, -0.2) is 0 Å². The van der Waals surface area contributed by atoms with Crippen molar-refractivity contribution in [3.63, 3.8) is 0 Å². The minimum atomic E-state index is -0.224. The van der Waals surface area contributed by atoms with Gasteiger partial charge in [-0.15, -0.1) is 5.10 Å². The van der Waals surface area contributed by atoms with Crippen LogP contribution < -0.4 is 10.1 Å². The molecule has 7 nitrogen and oxygen atoms in total. The number of nitrogens with one attached hydrogen (secondary N) is 1. The average molecular weight is 358 g/mol. The van der Waals surface area contributed by atoms with Crippen molar-refractivity contribution in [2.75, 3.05) is 6.61 Å². The first-order valence-corrected chi connectivity index (χ1v) is 8.09. The lowest BCUT2D eigenvalue weighted by molar-refractivity contribution is 0.0949. The number of hydrogen-bond acceptors (Lipinski definition) is 5. The molecule has 0 aliphatic rings. The van der Waals surface area contributed by atoms with E-state index in [1.54, 1.807) is 28.9 Å². The van der Waals surface area contributed by atoms with E-state index in [0.717, 1.165) is 11.4 Å². The molecule has 128 valence electrons. The number of tetrazole rings is 1. The molecule has 0 bridgehead atoms. The van der Waals surface area contributed by atoms with E-state index in [9.17, 15) is 4.79 Å². The summed E-state index contributed by atoms with van der Waals surface area (Å²) >= 11 is 5.82. The highest BCUT2D eigenvalue weighted by Gasteiger charge is 2.11. The number of benzene rings is 2. The Bertz CT molecular complexity index is 846. The fourth-order valence-electron chi connectivity index (χ4n) is 2.23. The zero-order valence-corrected chi connectivity index (χ0v) is 14.3. The highest BCUT2D eigenvalue weighted by atomic mass is 35.5. The number of aromatic nitrogens is 4. The maximum Gasteiger partial charge on any atom is 0.251 e. The van der Waals surface area contributed by atoms with Crippen molar-refractivity contribution in [1.29, 1.82) is 0 Å². The number of nitrogens with zero attached hydrogens (tertiary/aromatic N) is 4. The first kappa shape index (κ1) is 16.9. The largest absolute Gasteiger partial charge is 0.494 e. The second kappa shape index (κ2) is 7.76. The first-order chi connectivity index (χ1) is 12.2. The predicted octanol–water partition coefficient (Wildman–Crippen LogP) is 2.64. The minimum absolute atomic E-state index is 0.196. The van der Waals surface area contributed by atoms with Gasteiger partial charge < -0.3 is 10.1 Å². The van der Waals surface area contributed by atoms with E-state index in [1.165, 1.54) is 0 Å². The third-order valence-electron chi connectivity index (χ3n) is 3.44. The monoisotopic (exact) mass is 357 g/mol. The van der Waals surface area contributed by atoms with Crippen molar-refractivity contribution in [2.45, 2.75) is 13.5 Å². The third-order valence-corrected chi connectivity index (χ3v) is 3.69. The van der Waals surface area contributed by atoms with Crippen molar-refractivity contribution < 1.29 is 9.53 Å². The lowest BCUT2D eigenvalue weighted by Gasteiger charge is -2.08. The molecule has 0 saturated carbocycles. The zero-order chi connectivity index (χ0) is 17.6. The molecule has 0 unspecified atom stereocenters. The van der Waals surface area contributed by atoms with Crippen molar-refractivity contribution in [3.8, 4) is 11.4 Å². The summed E-state index contributed by atoms with van der Waals surface area (Å²) in [6.45, 7) is 2.73. The lowest BCUT2D eigenvalue weighted by atomic mass is 10.2. The summed E-state index contributed by atoms with van der Waals surface area (Å²) in [6, 6.07) is 14.0. The lowest BCUT2D eigenvalue weighted by Crippen LogP contribution is -2.24. The van der Waals surface area contributed by atoms with Crippen LogP contribution in [0.15, 0.2) is 48.5 Å².